The summed E-state index contributed by atoms with van der Waals surface area (Å²) >= 11 is 0. The van der Waals surface area contributed by atoms with Crippen LogP contribution in [0.1, 0.15) is 28.9 Å². The first kappa shape index (κ1) is 14.6. The Morgan fingerprint density at radius 3 is 2.82 bits per heavy atom. The number of hydrogen-bond donors (Lipinski definition) is 2. The molecule has 6 heteroatoms. The van der Waals surface area contributed by atoms with Crippen molar-refractivity contribution in [1.82, 2.24) is 14.5 Å². The second-order valence-electron chi connectivity index (χ2n) is 5.70. The van der Waals surface area contributed by atoms with E-state index < -0.39 is 0 Å². The van der Waals surface area contributed by atoms with Crippen molar-refractivity contribution >= 4 is 5.91 Å². The number of hydrogen-bond acceptors (Lipinski definition) is 3. The predicted molar refractivity (Wildman–Crippen MR) is 83.7 cm³/mol. The minimum Gasteiger partial charge on any atom is -0.336 e. The van der Waals surface area contributed by atoms with Gasteiger partial charge in [-0.15, -0.1) is 0 Å². The minimum absolute atomic E-state index is 0.0194. The number of amides is 1. The molecule has 6 nitrogen and oxygen atoms in total. The third kappa shape index (κ3) is 2.96. The molecule has 0 aliphatic carbocycles. The number of carbonyl (C=O) groups is 1. The fraction of sp³-hybridized carbons (Fsp3) is 0.375. The Morgan fingerprint density at radius 2 is 2.09 bits per heavy atom. The van der Waals surface area contributed by atoms with Crippen LogP contribution in [0.3, 0.4) is 0 Å². The van der Waals surface area contributed by atoms with Crippen LogP contribution < -0.4 is 11.4 Å². The fourth-order valence-corrected chi connectivity index (χ4v) is 2.85. The van der Waals surface area contributed by atoms with Crippen molar-refractivity contribution in [3.63, 3.8) is 0 Å². The van der Waals surface area contributed by atoms with Gasteiger partial charge in [0.1, 0.15) is 5.69 Å². The highest BCUT2D eigenvalue weighted by atomic mass is 16.2. The molecule has 1 aromatic heterocycles. The second kappa shape index (κ2) is 6.19. The molecule has 1 fully saturated rings. The molecule has 1 aliphatic heterocycles. The topological polar surface area (TPSA) is 84.1 Å². The van der Waals surface area contributed by atoms with Gasteiger partial charge >= 0.3 is 5.69 Å². The Balaban J connectivity index is 1.85. The van der Waals surface area contributed by atoms with E-state index >= 15 is 0 Å². The van der Waals surface area contributed by atoms with Crippen molar-refractivity contribution in [2.24, 2.45) is 5.73 Å². The maximum absolute atomic E-state index is 12.7. The molecule has 116 valence electrons. The lowest BCUT2D eigenvalue weighted by Gasteiger charge is -2.30. The van der Waals surface area contributed by atoms with Crippen LogP contribution >= 0.6 is 0 Å². The fourth-order valence-electron chi connectivity index (χ4n) is 2.85. The summed E-state index contributed by atoms with van der Waals surface area (Å²) in [5.41, 5.74) is 7.04. The first-order valence-corrected chi connectivity index (χ1v) is 7.52. The molecule has 2 aromatic rings. The lowest BCUT2D eigenvalue weighted by molar-refractivity contribution is 0.0698. The smallest absolute Gasteiger partial charge is 0.326 e. The zero-order valence-corrected chi connectivity index (χ0v) is 12.4. The zero-order chi connectivity index (χ0) is 15.5. The van der Waals surface area contributed by atoms with E-state index in [2.05, 4.69) is 4.98 Å². The molecular formula is C16H20N4O2. The number of imidazole rings is 1. The molecule has 0 saturated carbocycles. The molecule has 0 spiro atoms. The molecule has 0 radical (unpaired) electrons. The Morgan fingerprint density at radius 1 is 1.32 bits per heavy atom. The van der Waals surface area contributed by atoms with Crippen LogP contribution in [0.4, 0.5) is 0 Å². The van der Waals surface area contributed by atoms with Gasteiger partial charge in [-0.25, -0.2) is 4.79 Å². The molecule has 2 heterocycles. The van der Waals surface area contributed by atoms with Crippen molar-refractivity contribution < 1.29 is 4.79 Å². The van der Waals surface area contributed by atoms with E-state index in [1.165, 1.54) is 10.8 Å². The van der Waals surface area contributed by atoms with Gasteiger partial charge in [0, 0.05) is 25.3 Å². The highest BCUT2D eigenvalue weighted by Crippen LogP contribution is 2.13. The van der Waals surface area contributed by atoms with Gasteiger partial charge in [-0.1, -0.05) is 30.3 Å². The number of aromatic amines is 1. The lowest BCUT2D eigenvalue weighted by Crippen LogP contribution is -2.46. The van der Waals surface area contributed by atoms with Gasteiger partial charge in [-0.2, -0.15) is 0 Å². The van der Waals surface area contributed by atoms with E-state index in [0.29, 0.717) is 25.3 Å². The average Bonchev–Trinajstić information content (AvgIpc) is 2.89. The number of likely N-dealkylation sites (tertiary alicyclic amines) is 1. The molecule has 22 heavy (non-hydrogen) atoms. The number of nitrogens with one attached hydrogen (secondary N) is 1. The van der Waals surface area contributed by atoms with E-state index in [1.807, 2.05) is 30.3 Å². The summed E-state index contributed by atoms with van der Waals surface area (Å²) in [4.78, 5) is 29.0. The van der Waals surface area contributed by atoms with Gasteiger partial charge in [0.15, 0.2) is 0 Å². The van der Waals surface area contributed by atoms with E-state index in [1.54, 1.807) is 4.90 Å². The van der Waals surface area contributed by atoms with Crippen LogP contribution in [-0.4, -0.2) is 39.5 Å². The van der Waals surface area contributed by atoms with Crippen LogP contribution in [0.5, 0.6) is 0 Å². The number of carbonyl (C=O) groups excluding carboxylic acids is 1. The summed E-state index contributed by atoms with van der Waals surface area (Å²) in [5.74, 6) is -0.135. The first-order valence-electron chi connectivity index (χ1n) is 7.52. The number of piperidine rings is 1. The number of nitrogens with zero attached hydrogens (tertiary/aromatic N) is 2. The monoisotopic (exact) mass is 300 g/mol. The highest BCUT2D eigenvalue weighted by molar-refractivity contribution is 5.92. The van der Waals surface area contributed by atoms with Gasteiger partial charge < -0.3 is 15.6 Å². The van der Waals surface area contributed by atoms with Gasteiger partial charge in [-0.3, -0.25) is 9.36 Å². The van der Waals surface area contributed by atoms with E-state index in [4.69, 9.17) is 5.73 Å². The van der Waals surface area contributed by atoms with Gasteiger partial charge in [0.25, 0.3) is 5.91 Å². The molecule has 3 N–H and O–H groups in total. The van der Waals surface area contributed by atoms with Crippen LogP contribution in [0.25, 0.3) is 0 Å². The number of rotatable bonds is 3. The van der Waals surface area contributed by atoms with Crippen molar-refractivity contribution in [3.8, 4) is 0 Å². The summed E-state index contributed by atoms with van der Waals surface area (Å²) in [6.07, 6.45) is 3.34. The number of aromatic nitrogens is 2. The third-order valence-corrected chi connectivity index (χ3v) is 4.02. The van der Waals surface area contributed by atoms with Crippen LogP contribution in [0.15, 0.2) is 41.3 Å². The molecule has 0 bridgehead atoms. The van der Waals surface area contributed by atoms with E-state index in [0.717, 1.165) is 18.4 Å². The zero-order valence-electron chi connectivity index (χ0n) is 12.4. The largest absolute Gasteiger partial charge is 0.336 e. The van der Waals surface area contributed by atoms with Crippen LogP contribution in [0.2, 0.25) is 0 Å². The molecule has 3 rings (SSSR count). The summed E-state index contributed by atoms with van der Waals surface area (Å²) in [7, 11) is 0. The Hall–Kier alpha value is -2.34. The summed E-state index contributed by atoms with van der Waals surface area (Å²) in [6.45, 7) is 1.62. The standard InChI is InChI=1S/C16H20N4O2/c17-13-7-4-8-19(11-13)15(21)14-9-18-16(22)20(14)10-12-5-2-1-3-6-12/h1-3,5-6,9,13H,4,7-8,10-11,17H2,(H,18,22). The lowest BCUT2D eigenvalue weighted by atomic mass is 10.1. The Labute approximate surface area is 128 Å². The third-order valence-electron chi connectivity index (χ3n) is 4.02. The molecule has 1 amide bonds. The molecule has 1 aliphatic rings. The summed E-state index contributed by atoms with van der Waals surface area (Å²) in [5, 5.41) is 0. The summed E-state index contributed by atoms with van der Waals surface area (Å²) < 4.78 is 1.48. The maximum Gasteiger partial charge on any atom is 0.326 e. The molecular weight excluding hydrogens is 280 g/mol. The second-order valence-corrected chi connectivity index (χ2v) is 5.70. The maximum atomic E-state index is 12.7. The van der Waals surface area contributed by atoms with Gasteiger partial charge in [0.2, 0.25) is 0 Å². The van der Waals surface area contributed by atoms with Crippen molar-refractivity contribution in [2.75, 3.05) is 13.1 Å². The molecule has 1 aromatic carbocycles. The number of nitrogens with two attached hydrogens (primary N) is 1. The van der Waals surface area contributed by atoms with Gasteiger partial charge in [0.05, 0.1) is 6.54 Å². The van der Waals surface area contributed by atoms with Gasteiger partial charge in [-0.05, 0) is 18.4 Å². The molecule has 1 saturated heterocycles. The van der Waals surface area contributed by atoms with E-state index in [-0.39, 0.29) is 17.6 Å². The number of benzene rings is 1. The Bertz CT molecular complexity index is 704. The highest BCUT2D eigenvalue weighted by Gasteiger charge is 2.25. The Kier molecular flexibility index (Phi) is 4.11. The SMILES string of the molecule is NC1CCCN(C(=O)c2c[nH]c(=O)n2Cc2ccccc2)C1. The van der Waals surface area contributed by atoms with Crippen LogP contribution in [-0.2, 0) is 6.54 Å². The quantitative estimate of drug-likeness (QED) is 0.879. The predicted octanol–water partition coefficient (Wildman–Crippen LogP) is 0.788. The summed E-state index contributed by atoms with van der Waals surface area (Å²) in [6, 6.07) is 9.64. The van der Waals surface area contributed by atoms with Crippen molar-refractivity contribution in [3.05, 3.63) is 58.3 Å². The normalized spacial score (nSPS) is 18.4. The number of H-pyrrole nitrogens is 1. The minimum atomic E-state index is -0.270. The van der Waals surface area contributed by atoms with Crippen molar-refractivity contribution in [2.45, 2.75) is 25.4 Å². The van der Waals surface area contributed by atoms with Crippen LogP contribution in [0, 0.1) is 0 Å². The molecule has 1 unspecified atom stereocenters. The molecule has 1 atom stereocenters. The van der Waals surface area contributed by atoms with E-state index in [9.17, 15) is 9.59 Å². The van der Waals surface area contributed by atoms with Crippen molar-refractivity contribution in [1.29, 1.82) is 0 Å². The first-order chi connectivity index (χ1) is 10.6. The average molecular weight is 300 g/mol.